The molecule has 0 bridgehead atoms. The summed E-state index contributed by atoms with van der Waals surface area (Å²) in [6.07, 6.45) is -0.459. The van der Waals surface area contributed by atoms with Crippen LogP contribution in [0.15, 0.2) is 48.5 Å². The molecule has 1 aliphatic rings. The van der Waals surface area contributed by atoms with Crippen LogP contribution in [0.3, 0.4) is 0 Å². The van der Waals surface area contributed by atoms with Crippen LogP contribution in [0.5, 0.6) is 5.75 Å². The number of halogens is 2. The highest BCUT2D eigenvalue weighted by atomic mass is 35.5. The van der Waals surface area contributed by atoms with Crippen molar-refractivity contribution in [2.45, 2.75) is 13.2 Å². The van der Waals surface area contributed by atoms with E-state index >= 15 is 0 Å². The van der Waals surface area contributed by atoms with Crippen LogP contribution in [0.1, 0.15) is 6.92 Å². The molecule has 1 saturated heterocycles. The van der Waals surface area contributed by atoms with Crippen molar-refractivity contribution >= 4 is 23.3 Å². The summed E-state index contributed by atoms with van der Waals surface area (Å²) in [5.41, 5.74) is 0.964. The first-order valence-corrected chi connectivity index (χ1v) is 8.87. The topological polar surface area (TPSA) is 44.8 Å². The molecular formula is C19H21ClFN3O2. The number of carbonyl (C=O) groups excluding carboxylic acids is 1. The minimum absolute atomic E-state index is 0.162. The molecular weight excluding hydrogens is 357 g/mol. The number of urea groups is 1. The fourth-order valence-corrected chi connectivity index (χ4v) is 2.96. The molecule has 1 unspecified atom stereocenters. The maximum Gasteiger partial charge on any atom is 0.320 e. The van der Waals surface area contributed by atoms with Gasteiger partial charge in [0, 0.05) is 36.9 Å². The molecule has 1 aliphatic heterocycles. The highest BCUT2D eigenvalue weighted by molar-refractivity contribution is 6.30. The first kappa shape index (κ1) is 18.3. The van der Waals surface area contributed by atoms with E-state index in [0.717, 1.165) is 5.69 Å². The maximum atomic E-state index is 13.0. The lowest BCUT2D eigenvalue weighted by molar-refractivity contribution is 0.151. The molecule has 0 radical (unpaired) electrons. The van der Waals surface area contributed by atoms with Gasteiger partial charge in [-0.25, -0.2) is 9.18 Å². The van der Waals surface area contributed by atoms with E-state index in [2.05, 4.69) is 10.2 Å². The molecule has 138 valence electrons. The number of amides is 2. The molecule has 3 rings (SSSR count). The van der Waals surface area contributed by atoms with Crippen LogP contribution in [0.4, 0.5) is 14.9 Å². The Morgan fingerprint density at radius 2 is 1.69 bits per heavy atom. The zero-order valence-corrected chi connectivity index (χ0v) is 15.2. The number of hydrogen-bond acceptors (Lipinski definition) is 3. The average molecular weight is 378 g/mol. The number of anilines is 1. The second-order valence-electron chi connectivity index (χ2n) is 6.11. The molecule has 1 atom stereocenters. The summed E-state index contributed by atoms with van der Waals surface area (Å²) in [6.45, 7) is 4.37. The quantitative estimate of drug-likeness (QED) is 0.825. The van der Waals surface area contributed by atoms with E-state index in [-0.39, 0.29) is 11.8 Å². The lowest BCUT2D eigenvalue weighted by Gasteiger charge is -2.36. The summed E-state index contributed by atoms with van der Waals surface area (Å²) in [4.78, 5) is 16.3. The molecule has 7 heteroatoms. The Balaban J connectivity index is 1.47. The normalized spacial score (nSPS) is 15.5. The summed E-state index contributed by atoms with van der Waals surface area (Å²) in [6, 6.07) is 13.2. The molecule has 2 aromatic carbocycles. The van der Waals surface area contributed by atoms with Crippen molar-refractivity contribution in [1.29, 1.82) is 0 Å². The lowest BCUT2D eigenvalue weighted by atomic mass is 10.2. The highest BCUT2D eigenvalue weighted by Gasteiger charge is 2.22. The Hall–Kier alpha value is -2.47. The predicted octanol–water partition coefficient (Wildman–Crippen LogP) is 3.74. The van der Waals surface area contributed by atoms with Gasteiger partial charge in [-0.3, -0.25) is 0 Å². The van der Waals surface area contributed by atoms with Gasteiger partial charge in [-0.15, -0.1) is 0 Å². The van der Waals surface area contributed by atoms with Gasteiger partial charge in [-0.2, -0.15) is 0 Å². The van der Waals surface area contributed by atoms with Gasteiger partial charge in [0.05, 0.1) is 0 Å². The molecule has 0 saturated carbocycles. The molecule has 1 fully saturated rings. The summed E-state index contributed by atoms with van der Waals surface area (Å²) in [7, 11) is 0. The van der Waals surface area contributed by atoms with E-state index in [4.69, 9.17) is 16.3 Å². The Bertz CT molecular complexity index is 731. The van der Waals surface area contributed by atoms with Gasteiger partial charge in [0.1, 0.15) is 11.6 Å². The van der Waals surface area contributed by atoms with E-state index in [1.807, 2.05) is 0 Å². The first-order valence-electron chi connectivity index (χ1n) is 8.49. The van der Waals surface area contributed by atoms with Crippen molar-refractivity contribution in [3.05, 3.63) is 59.4 Å². The molecule has 5 nitrogen and oxygen atoms in total. The van der Waals surface area contributed by atoms with Gasteiger partial charge >= 0.3 is 6.03 Å². The average Bonchev–Trinajstić information content (AvgIpc) is 2.64. The van der Waals surface area contributed by atoms with Crippen LogP contribution >= 0.6 is 11.6 Å². The molecule has 0 aliphatic carbocycles. The van der Waals surface area contributed by atoms with Gasteiger partial charge in [0.15, 0.2) is 6.23 Å². The molecule has 26 heavy (non-hydrogen) atoms. The van der Waals surface area contributed by atoms with Crippen molar-refractivity contribution in [3.63, 3.8) is 0 Å². The van der Waals surface area contributed by atoms with Gasteiger partial charge in [-0.05, 0) is 55.5 Å². The number of rotatable bonds is 4. The molecule has 0 aromatic heterocycles. The summed E-state index contributed by atoms with van der Waals surface area (Å²) < 4.78 is 18.7. The largest absolute Gasteiger partial charge is 0.471 e. The van der Waals surface area contributed by atoms with E-state index < -0.39 is 6.23 Å². The van der Waals surface area contributed by atoms with Crippen LogP contribution in [-0.2, 0) is 0 Å². The number of hydrogen-bond donors (Lipinski definition) is 1. The predicted molar refractivity (Wildman–Crippen MR) is 100 cm³/mol. The van der Waals surface area contributed by atoms with Crippen LogP contribution in [0, 0.1) is 5.82 Å². The lowest BCUT2D eigenvalue weighted by Crippen LogP contribution is -2.53. The Labute approximate surface area is 157 Å². The van der Waals surface area contributed by atoms with E-state index in [1.54, 1.807) is 48.2 Å². The van der Waals surface area contributed by atoms with Gasteiger partial charge < -0.3 is 19.9 Å². The van der Waals surface area contributed by atoms with Crippen LogP contribution in [0.25, 0.3) is 0 Å². The van der Waals surface area contributed by atoms with Crippen LogP contribution < -0.4 is 15.0 Å². The highest BCUT2D eigenvalue weighted by Crippen LogP contribution is 2.18. The molecule has 0 spiro atoms. The van der Waals surface area contributed by atoms with E-state index in [1.165, 1.54) is 12.1 Å². The van der Waals surface area contributed by atoms with Gasteiger partial charge in [-0.1, -0.05) is 11.6 Å². The Morgan fingerprint density at radius 3 is 2.31 bits per heavy atom. The standard InChI is InChI=1S/C19H21ClFN3O2/c1-14(26-18-8-2-15(20)3-9-18)22-19(25)24-12-10-23(11-13-24)17-6-4-16(21)5-7-17/h2-9,14H,10-13H2,1H3,(H,22,25). The fraction of sp³-hybridized carbons (Fsp3) is 0.316. The van der Waals surface area contributed by atoms with Crippen molar-refractivity contribution in [1.82, 2.24) is 10.2 Å². The number of nitrogens with zero attached hydrogens (tertiary/aromatic N) is 2. The van der Waals surface area contributed by atoms with Crippen LogP contribution in [0.2, 0.25) is 5.02 Å². The second-order valence-corrected chi connectivity index (χ2v) is 6.55. The maximum absolute atomic E-state index is 13.0. The van der Waals surface area contributed by atoms with Gasteiger partial charge in [0.2, 0.25) is 0 Å². The van der Waals surface area contributed by atoms with Gasteiger partial charge in [0.25, 0.3) is 0 Å². The zero-order valence-electron chi connectivity index (χ0n) is 14.5. The smallest absolute Gasteiger partial charge is 0.320 e. The monoisotopic (exact) mass is 377 g/mol. The molecule has 1 N–H and O–H groups in total. The molecule has 2 amide bonds. The van der Waals surface area contributed by atoms with Crippen molar-refractivity contribution < 1.29 is 13.9 Å². The first-order chi connectivity index (χ1) is 12.5. The third-order valence-electron chi connectivity index (χ3n) is 4.21. The number of ether oxygens (including phenoxy) is 1. The zero-order chi connectivity index (χ0) is 18.5. The Kier molecular flexibility index (Phi) is 5.83. The third-order valence-corrected chi connectivity index (χ3v) is 4.46. The van der Waals surface area contributed by atoms with Crippen LogP contribution in [-0.4, -0.2) is 43.3 Å². The fourth-order valence-electron chi connectivity index (χ4n) is 2.83. The minimum Gasteiger partial charge on any atom is -0.471 e. The van der Waals surface area contributed by atoms with E-state index in [9.17, 15) is 9.18 Å². The van der Waals surface area contributed by atoms with E-state index in [0.29, 0.717) is 37.0 Å². The summed E-state index contributed by atoms with van der Waals surface area (Å²) >= 11 is 5.84. The summed E-state index contributed by atoms with van der Waals surface area (Å²) in [5.74, 6) is 0.393. The SMILES string of the molecule is CC(NC(=O)N1CCN(c2ccc(F)cc2)CC1)Oc1ccc(Cl)cc1. The Morgan fingerprint density at radius 1 is 1.08 bits per heavy atom. The number of piperazine rings is 1. The molecule has 2 aromatic rings. The summed E-state index contributed by atoms with van der Waals surface area (Å²) in [5, 5.41) is 3.47. The van der Waals surface area contributed by atoms with Crippen molar-refractivity contribution in [2.24, 2.45) is 0 Å². The second kappa shape index (κ2) is 8.27. The van der Waals surface area contributed by atoms with Crippen molar-refractivity contribution in [2.75, 3.05) is 31.1 Å². The third kappa shape index (κ3) is 4.79. The minimum atomic E-state index is -0.459. The number of benzene rings is 2. The molecule has 1 heterocycles. The number of nitrogens with one attached hydrogen (secondary N) is 1. The van der Waals surface area contributed by atoms with Crippen molar-refractivity contribution in [3.8, 4) is 5.75 Å². The number of carbonyl (C=O) groups is 1.